The molecule has 334 valence electrons. The van der Waals surface area contributed by atoms with Crippen LogP contribution in [-0.4, -0.2) is 110 Å². The SMILES string of the molecule is CC(=O)c1cnc(NC[C@@H]2CCCCN2C(=O)c2nn(C)cc2-c2ccc(F)cc2)nc1.CC(O)c1cnc(NC[C@@H]2CCCCN2C(=O)c2nn(C)cc2-c2ccc(F)cc2)nc1. The maximum Gasteiger partial charge on any atom is 0.275 e. The quantitative estimate of drug-likeness (QED) is 0.113. The van der Waals surface area contributed by atoms with Crippen LogP contribution in [0.1, 0.15) is 95.4 Å². The van der Waals surface area contributed by atoms with E-state index in [4.69, 9.17) is 0 Å². The van der Waals surface area contributed by atoms with Crippen molar-refractivity contribution in [2.75, 3.05) is 36.8 Å². The Bertz CT molecular complexity index is 2530. The third kappa shape index (κ3) is 11.0. The van der Waals surface area contributed by atoms with Gasteiger partial charge < -0.3 is 25.5 Å². The molecule has 0 radical (unpaired) electrons. The van der Waals surface area contributed by atoms with Crippen molar-refractivity contribution in [3.63, 3.8) is 0 Å². The predicted molar refractivity (Wildman–Crippen MR) is 236 cm³/mol. The number of aliphatic hydroxyl groups is 1. The number of nitrogens with zero attached hydrogens (tertiary/aromatic N) is 10. The van der Waals surface area contributed by atoms with Crippen LogP contribution in [-0.2, 0) is 14.1 Å². The number of aromatic nitrogens is 8. The van der Waals surface area contributed by atoms with Crippen molar-refractivity contribution in [2.24, 2.45) is 14.1 Å². The Morgan fingerprint density at radius 2 is 1.08 bits per heavy atom. The fourth-order valence-electron chi connectivity index (χ4n) is 7.87. The number of Topliss-reactive ketones (excluding diaryl/α,β-unsaturated/α-hetero) is 1. The lowest BCUT2D eigenvalue weighted by atomic mass is 10.00. The summed E-state index contributed by atoms with van der Waals surface area (Å²) in [5, 5.41) is 24.8. The Hall–Kier alpha value is -6.95. The van der Waals surface area contributed by atoms with E-state index >= 15 is 0 Å². The molecule has 0 saturated carbocycles. The van der Waals surface area contributed by atoms with Crippen LogP contribution in [0.5, 0.6) is 0 Å². The molecule has 2 aromatic carbocycles. The minimum absolute atomic E-state index is 0.0284. The molecule has 0 aliphatic carbocycles. The first-order valence-electron chi connectivity index (χ1n) is 21.4. The highest BCUT2D eigenvalue weighted by molar-refractivity contribution is 6.00. The second-order valence-corrected chi connectivity index (χ2v) is 16.1. The van der Waals surface area contributed by atoms with Crippen LogP contribution in [0.3, 0.4) is 0 Å². The molecular formula is C46H52F2N12O4. The number of carbonyl (C=O) groups excluding carboxylic acids is 3. The fraction of sp³-hybridized carbons (Fsp3) is 0.370. The molecule has 64 heavy (non-hydrogen) atoms. The maximum absolute atomic E-state index is 13.5. The fourth-order valence-corrected chi connectivity index (χ4v) is 7.87. The topological polar surface area (TPSA) is 189 Å². The summed E-state index contributed by atoms with van der Waals surface area (Å²) >= 11 is 0. The van der Waals surface area contributed by atoms with Gasteiger partial charge in [0.2, 0.25) is 11.9 Å². The van der Waals surface area contributed by atoms with Crippen molar-refractivity contribution < 1.29 is 28.3 Å². The van der Waals surface area contributed by atoms with Gasteiger partial charge in [0.05, 0.1) is 11.7 Å². The molecule has 6 aromatic rings. The van der Waals surface area contributed by atoms with Crippen LogP contribution in [0.4, 0.5) is 20.7 Å². The highest BCUT2D eigenvalue weighted by atomic mass is 19.1. The zero-order valence-corrected chi connectivity index (χ0v) is 36.3. The standard InChI is InChI=1S/C23H27FN6O2.C23H25FN6O2/c2*1-15(31)17-11-25-23(26-12-17)27-13-19-5-3-4-10-30(19)22(32)21-20(14-29(2)28-21)16-6-8-18(24)9-7-16/h6-9,11-12,14-15,19,31H,3-5,10,13H2,1-2H3,(H,25,26,27);6-9,11-12,14,19H,3-5,10,13H2,1-2H3,(H,25,26,27)/t15?,19-;19-/m00/s1. The van der Waals surface area contributed by atoms with Crippen molar-refractivity contribution in [1.82, 2.24) is 49.3 Å². The summed E-state index contributed by atoms with van der Waals surface area (Å²) in [5.41, 5.74) is 4.68. The van der Waals surface area contributed by atoms with Crippen LogP contribution < -0.4 is 10.6 Å². The molecular weight excluding hydrogens is 823 g/mol. The number of halogens is 2. The molecule has 18 heteroatoms. The van der Waals surface area contributed by atoms with E-state index in [0.717, 1.165) is 49.7 Å². The maximum atomic E-state index is 13.5. The zero-order chi connectivity index (χ0) is 45.3. The van der Waals surface area contributed by atoms with Gasteiger partial charge in [-0.05, 0) is 87.8 Å². The molecule has 2 amide bonds. The summed E-state index contributed by atoms with van der Waals surface area (Å²) in [6.45, 7) is 5.41. The molecule has 2 fully saturated rings. The summed E-state index contributed by atoms with van der Waals surface area (Å²) < 4.78 is 30.0. The van der Waals surface area contributed by atoms with Gasteiger partial charge in [-0.2, -0.15) is 10.2 Å². The third-order valence-electron chi connectivity index (χ3n) is 11.4. The number of rotatable bonds is 12. The predicted octanol–water partition coefficient (Wildman–Crippen LogP) is 6.50. The van der Waals surface area contributed by atoms with Crippen molar-refractivity contribution in [3.8, 4) is 22.3 Å². The molecule has 16 nitrogen and oxygen atoms in total. The van der Waals surface area contributed by atoms with E-state index in [-0.39, 0.29) is 41.3 Å². The van der Waals surface area contributed by atoms with Crippen LogP contribution in [0.2, 0.25) is 0 Å². The summed E-state index contributed by atoms with van der Waals surface area (Å²) in [7, 11) is 3.54. The number of benzene rings is 2. The second-order valence-electron chi connectivity index (χ2n) is 16.1. The van der Waals surface area contributed by atoms with E-state index in [1.807, 2.05) is 9.80 Å². The van der Waals surface area contributed by atoms with E-state index in [1.54, 1.807) is 79.4 Å². The molecule has 6 heterocycles. The zero-order valence-electron chi connectivity index (χ0n) is 36.3. The number of carbonyl (C=O) groups is 3. The molecule has 2 saturated heterocycles. The van der Waals surface area contributed by atoms with Gasteiger partial charge >= 0.3 is 0 Å². The number of hydrogen-bond donors (Lipinski definition) is 3. The molecule has 0 spiro atoms. The normalized spacial score (nSPS) is 16.7. The van der Waals surface area contributed by atoms with Gasteiger partial charge in [-0.1, -0.05) is 24.3 Å². The van der Waals surface area contributed by atoms with Crippen molar-refractivity contribution >= 4 is 29.5 Å². The number of hydrogen-bond acceptors (Lipinski definition) is 12. The first-order valence-corrected chi connectivity index (χ1v) is 21.4. The molecule has 1 unspecified atom stereocenters. The lowest BCUT2D eigenvalue weighted by molar-refractivity contribution is 0.0614. The summed E-state index contributed by atoms with van der Waals surface area (Å²) in [6.07, 6.45) is 14.7. The van der Waals surface area contributed by atoms with Crippen molar-refractivity contribution in [3.05, 3.63) is 120 Å². The molecule has 0 bridgehead atoms. The van der Waals surface area contributed by atoms with E-state index in [2.05, 4.69) is 40.8 Å². The van der Waals surface area contributed by atoms with E-state index in [1.165, 1.54) is 43.6 Å². The number of aliphatic hydroxyl groups excluding tert-OH is 1. The summed E-state index contributed by atoms with van der Waals surface area (Å²) in [5.74, 6) is -0.156. The van der Waals surface area contributed by atoms with Gasteiger partial charge in [-0.3, -0.25) is 23.7 Å². The van der Waals surface area contributed by atoms with Gasteiger partial charge in [0, 0.05) is 106 Å². The molecule has 2 aliphatic heterocycles. The van der Waals surface area contributed by atoms with E-state index in [9.17, 15) is 28.3 Å². The highest BCUT2D eigenvalue weighted by Gasteiger charge is 2.32. The average Bonchev–Trinajstić information content (AvgIpc) is 3.90. The van der Waals surface area contributed by atoms with E-state index in [0.29, 0.717) is 71.7 Å². The molecule has 3 N–H and O–H groups in total. The number of aryl methyl sites for hydroxylation is 2. The first-order chi connectivity index (χ1) is 30.8. The summed E-state index contributed by atoms with van der Waals surface area (Å²) in [6, 6.07) is 12.1. The van der Waals surface area contributed by atoms with Gasteiger partial charge in [0.1, 0.15) is 11.6 Å². The van der Waals surface area contributed by atoms with Crippen LogP contribution in [0, 0.1) is 11.6 Å². The Balaban J connectivity index is 0.000000191. The number of likely N-dealkylation sites (tertiary alicyclic amines) is 2. The molecule has 3 atom stereocenters. The largest absolute Gasteiger partial charge is 0.389 e. The van der Waals surface area contributed by atoms with Gasteiger partial charge in [-0.15, -0.1) is 0 Å². The Morgan fingerprint density at radius 3 is 1.47 bits per heavy atom. The monoisotopic (exact) mass is 874 g/mol. The van der Waals surface area contributed by atoms with Gasteiger partial charge in [0.25, 0.3) is 11.8 Å². The second kappa shape index (κ2) is 20.5. The lowest BCUT2D eigenvalue weighted by Gasteiger charge is -2.35. The molecule has 2 aliphatic rings. The lowest BCUT2D eigenvalue weighted by Crippen LogP contribution is -2.47. The molecule has 8 rings (SSSR count). The number of anilines is 2. The Labute approximate surface area is 369 Å². The number of piperidine rings is 2. The number of amides is 2. The average molecular weight is 875 g/mol. The van der Waals surface area contributed by atoms with Crippen molar-refractivity contribution in [2.45, 2.75) is 70.6 Å². The first kappa shape index (κ1) is 45.1. The van der Waals surface area contributed by atoms with Crippen LogP contribution in [0.25, 0.3) is 22.3 Å². The van der Waals surface area contributed by atoms with Crippen LogP contribution >= 0.6 is 0 Å². The van der Waals surface area contributed by atoms with Gasteiger partial charge in [-0.25, -0.2) is 28.7 Å². The van der Waals surface area contributed by atoms with Crippen LogP contribution in [0.15, 0.2) is 85.7 Å². The minimum atomic E-state index is -0.621. The minimum Gasteiger partial charge on any atom is -0.389 e. The molecule has 4 aromatic heterocycles. The Morgan fingerprint density at radius 1 is 0.672 bits per heavy atom. The van der Waals surface area contributed by atoms with E-state index < -0.39 is 6.10 Å². The van der Waals surface area contributed by atoms with Gasteiger partial charge in [0.15, 0.2) is 17.2 Å². The third-order valence-corrected chi connectivity index (χ3v) is 11.4. The smallest absolute Gasteiger partial charge is 0.275 e. The number of nitrogens with one attached hydrogen (secondary N) is 2. The number of ketones is 1. The highest BCUT2D eigenvalue weighted by Crippen LogP contribution is 2.29. The Kier molecular flexibility index (Phi) is 14.4. The van der Waals surface area contributed by atoms with Crippen molar-refractivity contribution in [1.29, 1.82) is 0 Å². The summed E-state index contributed by atoms with van der Waals surface area (Å²) in [4.78, 5) is 58.9.